The van der Waals surface area contributed by atoms with Crippen molar-refractivity contribution in [2.75, 3.05) is 18.6 Å². The van der Waals surface area contributed by atoms with Crippen LogP contribution >= 0.6 is 0 Å². The number of nitrogens with zero attached hydrogens (tertiary/aromatic N) is 3. The summed E-state index contributed by atoms with van der Waals surface area (Å²) >= 11 is 0. The third-order valence-electron chi connectivity index (χ3n) is 4.68. The predicted octanol–water partition coefficient (Wildman–Crippen LogP) is 3.91. The van der Waals surface area contributed by atoms with Gasteiger partial charge in [0.05, 0.1) is 12.7 Å². The second-order valence-corrected chi connectivity index (χ2v) is 6.20. The first-order valence-corrected chi connectivity index (χ1v) is 8.50. The van der Waals surface area contributed by atoms with Crippen LogP contribution in [0.5, 0.6) is 5.75 Å². The molecule has 5 heteroatoms. The number of nitriles is 1. The molecule has 1 fully saturated rings. The molecule has 0 unspecified atom stereocenters. The molecule has 0 radical (unpaired) electrons. The number of amides is 1. The lowest BCUT2D eigenvalue weighted by Gasteiger charge is -2.18. The Hall–Kier alpha value is -3.39. The van der Waals surface area contributed by atoms with Gasteiger partial charge in [0.15, 0.2) is 5.82 Å². The number of carbonyl (C=O) groups is 1. The van der Waals surface area contributed by atoms with Crippen LogP contribution in [0.3, 0.4) is 0 Å². The summed E-state index contributed by atoms with van der Waals surface area (Å²) in [7, 11) is 1.59. The molecule has 3 aromatic rings. The number of benzene rings is 2. The first-order chi connectivity index (χ1) is 12.7. The van der Waals surface area contributed by atoms with Crippen molar-refractivity contribution in [2.45, 2.75) is 12.8 Å². The average Bonchev–Trinajstić information content (AvgIpc) is 3.12. The standard InChI is InChI=1S/C21H17N3O2/c1-26-18-10-9-16(14-6-3-2-4-7-14)17-12-15(13-22)21(23-20(17)18)24-11-5-8-19(24)25/h2-4,6-7,9-10,12H,5,8,11H2,1H3. The fourth-order valence-electron chi connectivity index (χ4n) is 3.42. The third kappa shape index (κ3) is 2.56. The molecule has 1 saturated heterocycles. The summed E-state index contributed by atoms with van der Waals surface area (Å²) in [4.78, 5) is 18.5. The zero-order chi connectivity index (χ0) is 18.1. The fourth-order valence-corrected chi connectivity index (χ4v) is 3.42. The molecule has 5 nitrogen and oxygen atoms in total. The molecule has 1 amide bonds. The topological polar surface area (TPSA) is 66.2 Å². The van der Waals surface area contributed by atoms with Crippen molar-refractivity contribution in [2.24, 2.45) is 0 Å². The summed E-state index contributed by atoms with van der Waals surface area (Å²) in [5.74, 6) is 1.05. The molecule has 0 aliphatic carbocycles. The number of anilines is 1. The van der Waals surface area contributed by atoms with Gasteiger partial charge < -0.3 is 4.74 Å². The lowest BCUT2D eigenvalue weighted by Crippen LogP contribution is -2.25. The normalized spacial score (nSPS) is 13.8. The van der Waals surface area contributed by atoms with Gasteiger partial charge in [-0.25, -0.2) is 4.98 Å². The summed E-state index contributed by atoms with van der Waals surface area (Å²) in [5, 5.41) is 10.5. The second-order valence-electron chi connectivity index (χ2n) is 6.20. The molecular formula is C21H17N3O2. The summed E-state index contributed by atoms with van der Waals surface area (Å²) in [5.41, 5.74) is 3.07. The van der Waals surface area contributed by atoms with Crippen molar-refractivity contribution in [1.82, 2.24) is 4.98 Å². The van der Waals surface area contributed by atoms with Gasteiger partial charge in [0, 0.05) is 18.4 Å². The molecule has 0 saturated carbocycles. The van der Waals surface area contributed by atoms with E-state index in [0.29, 0.717) is 35.6 Å². The highest BCUT2D eigenvalue weighted by molar-refractivity contribution is 6.02. The Morgan fingerprint density at radius 2 is 2.00 bits per heavy atom. The van der Waals surface area contributed by atoms with Crippen LogP contribution in [0.1, 0.15) is 18.4 Å². The van der Waals surface area contributed by atoms with E-state index in [9.17, 15) is 10.1 Å². The van der Waals surface area contributed by atoms with E-state index in [2.05, 4.69) is 6.07 Å². The zero-order valence-electron chi connectivity index (χ0n) is 14.4. The highest BCUT2D eigenvalue weighted by Crippen LogP contribution is 2.36. The molecule has 0 spiro atoms. The predicted molar refractivity (Wildman–Crippen MR) is 100 cm³/mol. The van der Waals surface area contributed by atoms with Gasteiger partial charge in [0.1, 0.15) is 17.3 Å². The van der Waals surface area contributed by atoms with E-state index in [1.807, 2.05) is 48.5 Å². The van der Waals surface area contributed by atoms with Gasteiger partial charge in [0.2, 0.25) is 5.91 Å². The third-order valence-corrected chi connectivity index (χ3v) is 4.68. The molecule has 0 bridgehead atoms. The minimum Gasteiger partial charge on any atom is -0.494 e. The summed E-state index contributed by atoms with van der Waals surface area (Å²) < 4.78 is 5.49. The maximum Gasteiger partial charge on any atom is 0.228 e. The quantitative estimate of drug-likeness (QED) is 0.723. The first-order valence-electron chi connectivity index (χ1n) is 8.50. The number of methoxy groups -OCH3 is 1. The number of fused-ring (bicyclic) bond motifs is 1. The van der Waals surface area contributed by atoms with Gasteiger partial charge in [-0.05, 0) is 35.7 Å². The Kier molecular flexibility index (Phi) is 4.02. The largest absolute Gasteiger partial charge is 0.494 e. The Bertz CT molecular complexity index is 1040. The average molecular weight is 343 g/mol. The van der Waals surface area contributed by atoms with Crippen LogP contribution in [-0.4, -0.2) is 24.5 Å². The highest BCUT2D eigenvalue weighted by Gasteiger charge is 2.26. The van der Waals surface area contributed by atoms with Gasteiger partial charge in [0.25, 0.3) is 0 Å². The van der Waals surface area contributed by atoms with E-state index in [1.165, 1.54) is 0 Å². The van der Waals surface area contributed by atoms with Crippen LogP contribution in [0.4, 0.5) is 5.82 Å². The van der Waals surface area contributed by atoms with Gasteiger partial charge in [-0.3, -0.25) is 9.69 Å². The van der Waals surface area contributed by atoms with E-state index in [1.54, 1.807) is 12.0 Å². The number of hydrogen-bond donors (Lipinski definition) is 0. The SMILES string of the molecule is COc1ccc(-c2ccccc2)c2cc(C#N)c(N3CCCC3=O)nc12. The maximum absolute atomic E-state index is 12.2. The van der Waals surface area contributed by atoms with Crippen LogP contribution < -0.4 is 9.64 Å². The molecule has 1 aromatic heterocycles. The maximum atomic E-state index is 12.2. The Balaban J connectivity index is 2.01. The first kappa shape index (κ1) is 16.1. The number of ether oxygens (including phenoxy) is 1. The van der Waals surface area contributed by atoms with Crippen LogP contribution in [0.15, 0.2) is 48.5 Å². The molecular weight excluding hydrogens is 326 g/mol. The van der Waals surface area contributed by atoms with Crippen LogP contribution in [-0.2, 0) is 4.79 Å². The van der Waals surface area contributed by atoms with Gasteiger partial charge >= 0.3 is 0 Å². The van der Waals surface area contributed by atoms with E-state index in [0.717, 1.165) is 22.9 Å². The van der Waals surface area contributed by atoms with Gasteiger partial charge in [-0.1, -0.05) is 30.3 Å². The molecule has 2 aromatic carbocycles. The molecule has 0 N–H and O–H groups in total. The minimum absolute atomic E-state index is 0.00605. The van der Waals surface area contributed by atoms with Gasteiger partial charge in [-0.2, -0.15) is 5.26 Å². The van der Waals surface area contributed by atoms with E-state index in [-0.39, 0.29) is 5.91 Å². The number of pyridine rings is 1. The molecule has 0 atom stereocenters. The Labute approximate surface area is 151 Å². The van der Waals surface area contributed by atoms with Crippen molar-refractivity contribution in [1.29, 1.82) is 5.26 Å². The monoisotopic (exact) mass is 343 g/mol. The molecule has 128 valence electrons. The zero-order valence-corrected chi connectivity index (χ0v) is 14.4. The highest BCUT2D eigenvalue weighted by atomic mass is 16.5. The van der Waals surface area contributed by atoms with E-state index < -0.39 is 0 Å². The summed E-state index contributed by atoms with van der Waals surface area (Å²) in [6.45, 7) is 0.590. The van der Waals surface area contributed by atoms with Crippen LogP contribution in [0.2, 0.25) is 0 Å². The smallest absolute Gasteiger partial charge is 0.228 e. The van der Waals surface area contributed by atoms with Gasteiger partial charge in [-0.15, -0.1) is 0 Å². The summed E-state index contributed by atoms with van der Waals surface area (Å²) in [6, 6.07) is 17.8. The van der Waals surface area contributed by atoms with Crippen molar-refractivity contribution in [3.8, 4) is 22.9 Å². The second kappa shape index (κ2) is 6.49. The lowest BCUT2D eigenvalue weighted by atomic mass is 9.99. The number of carbonyl (C=O) groups excluding carboxylic acids is 1. The number of rotatable bonds is 3. The van der Waals surface area contributed by atoms with Crippen LogP contribution in [0.25, 0.3) is 22.0 Å². The molecule has 1 aliphatic heterocycles. The van der Waals surface area contributed by atoms with E-state index >= 15 is 0 Å². The van der Waals surface area contributed by atoms with Crippen molar-refractivity contribution >= 4 is 22.6 Å². The summed E-state index contributed by atoms with van der Waals surface area (Å²) in [6.07, 6.45) is 1.27. The Morgan fingerprint density at radius 3 is 2.65 bits per heavy atom. The molecule has 2 heterocycles. The number of hydrogen-bond acceptors (Lipinski definition) is 4. The van der Waals surface area contributed by atoms with Crippen molar-refractivity contribution in [3.63, 3.8) is 0 Å². The fraction of sp³-hybridized carbons (Fsp3) is 0.190. The molecule has 4 rings (SSSR count). The van der Waals surface area contributed by atoms with Crippen molar-refractivity contribution in [3.05, 3.63) is 54.1 Å². The van der Waals surface area contributed by atoms with E-state index in [4.69, 9.17) is 9.72 Å². The molecule has 26 heavy (non-hydrogen) atoms. The van der Waals surface area contributed by atoms with Crippen LogP contribution in [0, 0.1) is 11.3 Å². The van der Waals surface area contributed by atoms with Crippen molar-refractivity contribution < 1.29 is 9.53 Å². The Morgan fingerprint density at radius 1 is 1.19 bits per heavy atom. The lowest BCUT2D eigenvalue weighted by molar-refractivity contribution is -0.117. The minimum atomic E-state index is 0.00605. The molecule has 1 aliphatic rings. The number of aromatic nitrogens is 1.